The van der Waals surface area contributed by atoms with Crippen LogP contribution in [0.2, 0.25) is 0 Å². The molecule has 0 radical (unpaired) electrons. The molecular weight excluding hydrogens is 350 g/mol. The van der Waals surface area contributed by atoms with E-state index in [1.165, 1.54) is 0 Å². The van der Waals surface area contributed by atoms with Crippen molar-refractivity contribution in [2.75, 3.05) is 19.4 Å². The van der Waals surface area contributed by atoms with E-state index in [-0.39, 0.29) is 13.2 Å². The van der Waals surface area contributed by atoms with Crippen LogP contribution in [0.5, 0.6) is 0 Å². The summed E-state index contributed by atoms with van der Waals surface area (Å²) in [5.74, 6) is 0. The molecule has 0 aliphatic heterocycles. The fourth-order valence-corrected chi connectivity index (χ4v) is 4.19. The minimum atomic E-state index is -4.83. The first-order valence-corrected chi connectivity index (χ1v) is 8.36. The van der Waals surface area contributed by atoms with Gasteiger partial charge in [0.1, 0.15) is 0 Å². The van der Waals surface area contributed by atoms with E-state index in [0.29, 0.717) is 0 Å². The largest absolute Gasteiger partial charge is 0.421 e. The molecule has 0 saturated heterocycles. The van der Waals surface area contributed by atoms with Crippen LogP contribution in [0, 0.1) is 0 Å². The molecule has 1 unspecified atom stereocenters. The van der Waals surface area contributed by atoms with E-state index in [0.717, 1.165) is 0 Å². The van der Waals surface area contributed by atoms with Gasteiger partial charge in [0, 0.05) is 11.8 Å². The maximum absolute atomic E-state index is 12.5. The molecular formula is C9H15Cl3F3O3P. The highest BCUT2D eigenvalue weighted by atomic mass is 35.5. The quantitative estimate of drug-likeness (QED) is 0.449. The number of halogens is 6. The molecule has 0 heterocycles. The van der Waals surface area contributed by atoms with Crippen LogP contribution in [0.4, 0.5) is 13.2 Å². The van der Waals surface area contributed by atoms with E-state index in [1.807, 2.05) is 0 Å². The Bertz CT molecular complexity index is 316. The van der Waals surface area contributed by atoms with Gasteiger partial charge in [-0.3, -0.25) is 4.57 Å². The summed E-state index contributed by atoms with van der Waals surface area (Å²) in [5, 5.41) is -1.19. The standard InChI is InChI=1S/C9H15Cl3F3O3P/c1-3-17-19(16,18-4-2)6-7(10)5-8(11,12)9(13,14)15/h7H,3-6H2,1-2H3. The SMILES string of the molecule is CCOP(=O)(CC(Cl)CC(Cl)(Cl)C(F)(F)F)OCC. The van der Waals surface area contributed by atoms with Crippen molar-refractivity contribution in [1.29, 1.82) is 0 Å². The Morgan fingerprint density at radius 1 is 1.16 bits per heavy atom. The van der Waals surface area contributed by atoms with Crippen molar-refractivity contribution in [3.05, 3.63) is 0 Å². The van der Waals surface area contributed by atoms with Crippen LogP contribution in [-0.2, 0) is 13.6 Å². The van der Waals surface area contributed by atoms with E-state index < -0.39 is 36.1 Å². The average Bonchev–Trinajstić information content (AvgIpc) is 2.14. The highest BCUT2D eigenvalue weighted by molar-refractivity contribution is 7.54. The number of alkyl halides is 6. The maximum Gasteiger partial charge on any atom is 0.421 e. The average molecular weight is 366 g/mol. The van der Waals surface area contributed by atoms with Crippen molar-refractivity contribution < 1.29 is 26.8 Å². The van der Waals surface area contributed by atoms with Gasteiger partial charge in [-0.05, 0) is 13.8 Å². The van der Waals surface area contributed by atoms with Gasteiger partial charge in [-0.15, -0.1) is 11.6 Å². The van der Waals surface area contributed by atoms with Gasteiger partial charge in [0.05, 0.1) is 19.4 Å². The molecule has 0 aromatic rings. The molecule has 116 valence electrons. The van der Waals surface area contributed by atoms with Gasteiger partial charge in [-0.25, -0.2) is 0 Å². The third-order valence-corrected chi connectivity index (χ3v) is 5.42. The fourth-order valence-electron chi connectivity index (χ4n) is 1.24. The zero-order chi connectivity index (χ0) is 15.3. The van der Waals surface area contributed by atoms with Crippen molar-refractivity contribution >= 4 is 42.4 Å². The van der Waals surface area contributed by atoms with Crippen molar-refractivity contribution in [3.8, 4) is 0 Å². The molecule has 0 bridgehead atoms. The zero-order valence-corrected chi connectivity index (χ0v) is 13.5. The topological polar surface area (TPSA) is 35.5 Å². The van der Waals surface area contributed by atoms with Crippen LogP contribution in [0.3, 0.4) is 0 Å². The Kier molecular flexibility index (Phi) is 8.04. The van der Waals surface area contributed by atoms with Gasteiger partial charge >= 0.3 is 13.8 Å². The van der Waals surface area contributed by atoms with Gasteiger partial charge in [0.15, 0.2) is 0 Å². The summed E-state index contributed by atoms with van der Waals surface area (Å²) in [6.07, 6.45) is -6.04. The third-order valence-electron chi connectivity index (χ3n) is 1.97. The third kappa shape index (κ3) is 6.87. The van der Waals surface area contributed by atoms with Gasteiger partial charge in [0.2, 0.25) is 4.33 Å². The normalized spacial score (nSPS) is 15.6. The van der Waals surface area contributed by atoms with Gasteiger partial charge in [0.25, 0.3) is 0 Å². The van der Waals surface area contributed by atoms with Crippen LogP contribution >= 0.6 is 42.4 Å². The summed E-state index contributed by atoms with van der Waals surface area (Å²) in [4.78, 5) is 0. The monoisotopic (exact) mass is 364 g/mol. The van der Waals surface area contributed by atoms with E-state index in [4.69, 9.17) is 43.9 Å². The van der Waals surface area contributed by atoms with Gasteiger partial charge in [-0.2, -0.15) is 13.2 Å². The highest BCUT2D eigenvalue weighted by Gasteiger charge is 2.53. The summed E-state index contributed by atoms with van der Waals surface area (Å²) in [6, 6.07) is 0. The molecule has 0 spiro atoms. The molecule has 3 nitrogen and oxygen atoms in total. The van der Waals surface area contributed by atoms with Crippen LogP contribution in [-0.4, -0.2) is 35.3 Å². The molecule has 10 heteroatoms. The smallest absolute Gasteiger partial charge is 0.309 e. The molecule has 0 saturated carbocycles. The Morgan fingerprint density at radius 3 is 1.89 bits per heavy atom. The Morgan fingerprint density at radius 2 is 1.58 bits per heavy atom. The number of hydrogen-bond donors (Lipinski definition) is 0. The van der Waals surface area contributed by atoms with E-state index in [9.17, 15) is 17.7 Å². The summed E-state index contributed by atoms with van der Waals surface area (Å²) >= 11 is 16.1. The van der Waals surface area contributed by atoms with Gasteiger partial charge in [-0.1, -0.05) is 23.2 Å². The van der Waals surface area contributed by atoms with Crippen LogP contribution in [0.25, 0.3) is 0 Å². The van der Waals surface area contributed by atoms with Crippen LogP contribution in [0.15, 0.2) is 0 Å². The fraction of sp³-hybridized carbons (Fsp3) is 1.00. The first-order valence-electron chi connectivity index (χ1n) is 5.44. The molecule has 0 aromatic heterocycles. The molecule has 19 heavy (non-hydrogen) atoms. The molecule has 0 amide bonds. The molecule has 0 aliphatic rings. The Labute approximate surface area is 125 Å². The van der Waals surface area contributed by atoms with E-state index >= 15 is 0 Å². The number of hydrogen-bond acceptors (Lipinski definition) is 3. The molecule has 0 aliphatic carbocycles. The molecule has 1 atom stereocenters. The molecule has 0 N–H and O–H groups in total. The minimum absolute atomic E-state index is 0.0903. The Hall–Kier alpha value is 0.810. The van der Waals surface area contributed by atoms with Crippen molar-refractivity contribution in [2.45, 2.75) is 36.2 Å². The van der Waals surface area contributed by atoms with E-state index in [2.05, 4.69) is 0 Å². The summed E-state index contributed by atoms with van der Waals surface area (Å²) < 4.78 is 56.3. The second kappa shape index (κ2) is 7.71. The maximum atomic E-state index is 12.5. The zero-order valence-electron chi connectivity index (χ0n) is 10.3. The summed E-state index contributed by atoms with van der Waals surface area (Å²) in [5.41, 5.74) is 0. The van der Waals surface area contributed by atoms with Crippen molar-refractivity contribution in [2.24, 2.45) is 0 Å². The van der Waals surface area contributed by atoms with Gasteiger partial charge < -0.3 is 9.05 Å². The van der Waals surface area contributed by atoms with E-state index in [1.54, 1.807) is 13.8 Å². The first-order chi connectivity index (χ1) is 8.47. The Balaban J connectivity index is 4.67. The highest BCUT2D eigenvalue weighted by Crippen LogP contribution is 2.52. The lowest BCUT2D eigenvalue weighted by Gasteiger charge is -2.26. The van der Waals surface area contributed by atoms with Crippen LogP contribution in [0.1, 0.15) is 20.3 Å². The predicted octanol–water partition coefficient (Wildman–Crippen LogP) is 4.99. The molecule has 0 aromatic carbocycles. The summed E-state index contributed by atoms with van der Waals surface area (Å²) in [6.45, 7) is 3.34. The lowest BCUT2D eigenvalue weighted by atomic mass is 10.2. The second-order valence-electron chi connectivity index (χ2n) is 3.63. The lowest BCUT2D eigenvalue weighted by Crippen LogP contribution is -2.37. The predicted molar refractivity (Wildman–Crippen MR) is 70.5 cm³/mol. The molecule has 0 rings (SSSR count). The second-order valence-corrected chi connectivity index (χ2v) is 7.84. The first kappa shape index (κ1) is 19.8. The van der Waals surface area contributed by atoms with Crippen molar-refractivity contribution in [1.82, 2.24) is 0 Å². The van der Waals surface area contributed by atoms with Crippen LogP contribution < -0.4 is 0 Å². The number of rotatable bonds is 8. The molecule has 0 fully saturated rings. The lowest BCUT2D eigenvalue weighted by molar-refractivity contribution is -0.142. The minimum Gasteiger partial charge on any atom is -0.309 e. The van der Waals surface area contributed by atoms with Crippen molar-refractivity contribution in [3.63, 3.8) is 0 Å². The summed E-state index contributed by atoms with van der Waals surface area (Å²) in [7, 11) is -3.53.